The average Bonchev–Trinajstić information content (AvgIpc) is 2.52. The van der Waals surface area contributed by atoms with Crippen molar-refractivity contribution in [2.45, 2.75) is 25.4 Å². The molecule has 1 saturated heterocycles. The number of hydrogen-bond donors (Lipinski definition) is 1. The highest BCUT2D eigenvalue weighted by molar-refractivity contribution is 7.09. The Balaban J connectivity index is 1.91. The Hall–Kier alpha value is -0.680. The van der Waals surface area contributed by atoms with Crippen LogP contribution >= 0.6 is 11.5 Å². The summed E-state index contributed by atoms with van der Waals surface area (Å²) in [5.74, 6) is 0. The third kappa shape index (κ3) is 1.66. The van der Waals surface area contributed by atoms with E-state index < -0.39 is 5.60 Å². The number of hydrogen-bond acceptors (Lipinski definition) is 5. The lowest BCUT2D eigenvalue weighted by molar-refractivity contribution is 0.00338. The van der Waals surface area contributed by atoms with Crippen LogP contribution in [0.2, 0.25) is 0 Å². The number of aliphatic hydroxyl groups is 1. The SMILES string of the molecule is CCCC1(O)CN(c2ncns2)C1. The van der Waals surface area contributed by atoms with Gasteiger partial charge in [0.2, 0.25) is 5.13 Å². The van der Waals surface area contributed by atoms with Crippen molar-refractivity contribution in [3.8, 4) is 0 Å². The van der Waals surface area contributed by atoms with E-state index in [-0.39, 0.29) is 0 Å². The molecular weight excluding hydrogens is 186 g/mol. The highest BCUT2D eigenvalue weighted by Gasteiger charge is 2.41. The van der Waals surface area contributed by atoms with Gasteiger partial charge >= 0.3 is 0 Å². The number of aromatic nitrogens is 2. The molecule has 1 fully saturated rings. The van der Waals surface area contributed by atoms with Crippen molar-refractivity contribution >= 4 is 16.7 Å². The lowest BCUT2D eigenvalue weighted by Gasteiger charge is -2.46. The number of rotatable bonds is 3. The quantitative estimate of drug-likeness (QED) is 0.785. The van der Waals surface area contributed by atoms with E-state index in [1.165, 1.54) is 11.5 Å². The first-order chi connectivity index (χ1) is 6.23. The van der Waals surface area contributed by atoms with Gasteiger partial charge in [-0.15, -0.1) is 0 Å². The van der Waals surface area contributed by atoms with E-state index in [4.69, 9.17) is 0 Å². The van der Waals surface area contributed by atoms with Gasteiger partial charge in [-0.2, -0.15) is 4.37 Å². The van der Waals surface area contributed by atoms with Gasteiger partial charge < -0.3 is 10.0 Å². The summed E-state index contributed by atoms with van der Waals surface area (Å²) in [4.78, 5) is 6.15. The normalized spacial score (nSPS) is 20.0. The summed E-state index contributed by atoms with van der Waals surface area (Å²) in [6.07, 6.45) is 3.46. The number of anilines is 1. The molecule has 0 saturated carbocycles. The minimum absolute atomic E-state index is 0.472. The first-order valence-corrected chi connectivity index (χ1v) is 5.25. The zero-order valence-corrected chi connectivity index (χ0v) is 8.42. The molecule has 1 aromatic heterocycles. The molecule has 72 valence electrons. The molecule has 1 aromatic rings. The zero-order valence-electron chi connectivity index (χ0n) is 7.60. The van der Waals surface area contributed by atoms with Crippen LogP contribution in [0.4, 0.5) is 5.13 Å². The van der Waals surface area contributed by atoms with E-state index in [0.717, 1.165) is 18.0 Å². The maximum atomic E-state index is 9.89. The van der Waals surface area contributed by atoms with E-state index in [1.54, 1.807) is 6.33 Å². The van der Waals surface area contributed by atoms with Gasteiger partial charge in [-0.05, 0) is 6.42 Å². The van der Waals surface area contributed by atoms with Crippen LogP contribution in [-0.2, 0) is 0 Å². The minimum atomic E-state index is -0.472. The van der Waals surface area contributed by atoms with E-state index in [0.29, 0.717) is 13.1 Å². The average molecular weight is 199 g/mol. The van der Waals surface area contributed by atoms with Crippen LogP contribution in [0.25, 0.3) is 0 Å². The standard InChI is InChI=1S/C8H13N3OS/c1-2-3-8(12)4-11(5-8)7-9-6-10-13-7/h6,12H,2-5H2,1H3. The summed E-state index contributed by atoms with van der Waals surface area (Å²) < 4.78 is 3.93. The van der Waals surface area contributed by atoms with Crippen LogP contribution in [0.3, 0.4) is 0 Å². The summed E-state index contributed by atoms with van der Waals surface area (Å²) in [5.41, 5.74) is -0.472. The molecule has 0 atom stereocenters. The van der Waals surface area contributed by atoms with Crippen molar-refractivity contribution in [2.75, 3.05) is 18.0 Å². The highest BCUT2D eigenvalue weighted by Crippen LogP contribution is 2.30. The molecule has 4 nitrogen and oxygen atoms in total. The maximum Gasteiger partial charge on any atom is 0.205 e. The van der Waals surface area contributed by atoms with Gasteiger partial charge in [0.05, 0.1) is 18.7 Å². The molecule has 0 amide bonds. The minimum Gasteiger partial charge on any atom is -0.386 e. The lowest BCUT2D eigenvalue weighted by atomic mass is 9.90. The van der Waals surface area contributed by atoms with E-state index in [2.05, 4.69) is 21.2 Å². The molecule has 2 heterocycles. The zero-order chi connectivity index (χ0) is 9.31. The first kappa shape index (κ1) is 8.90. The Morgan fingerprint density at radius 3 is 3.00 bits per heavy atom. The summed E-state index contributed by atoms with van der Waals surface area (Å²) in [6, 6.07) is 0. The largest absolute Gasteiger partial charge is 0.386 e. The molecule has 2 rings (SSSR count). The highest BCUT2D eigenvalue weighted by atomic mass is 32.1. The summed E-state index contributed by atoms with van der Waals surface area (Å²) in [7, 11) is 0. The molecule has 1 aliphatic heterocycles. The molecule has 1 N–H and O–H groups in total. The van der Waals surface area contributed by atoms with E-state index in [1.807, 2.05) is 0 Å². The Kier molecular flexibility index (Phi) is 2.21. The van der Waals surface area contributed by atoms with Crippen molar-refractivity contribution in [3.05, 3.63) is 6.33 Å². The van der Waals surface area contributed by atoms with Crippen LogP contribution in [0.1, 0.15) is 19.8 Å². The van der Waals surface area contributed by atoms with Crippen LogP contribution in [-0.4, -0.2) is 33.2 Å². The van der Waals surface area contributed by atoms with Crippen LogP contribution < -0.4 is 4.90 Å². The lowest BCUT2D eigenvalue weighted by Crippen LogP contribution is -2.61. The topological polar surface area (TPSA) is 49.2 Å². The maximum absolute atomic E-state index is 9.89. The molecule has 0 bridgehead atoms. The fourth-order valence-electron chi connectivity index (χ4n) is 1.73. The molecule has 5 heteroatoms. The van der Waals surface area contributed by atoms with Gasteiger partial charge in [-0.25, -0.2) is 4.98 Å². The van der Waals surface area contributed by atoms with Gasteiger partial charge in [-0.3, -0.25) is 0 Å². The smallest absolute Gasteiger partial charge is 0.205 e. The van der Waals surface area contributed by atoms with Gasteiger partial charge in [0.15, 0.2) is 0 Å². The summed E-state index contributed by atoms with van der Waals surface area (Å²) in [5, 5.41) is 10.8. The third-order valence-electron chi connectivity index (χ3n) is 2.31. The number of β-amino-alcohol motifs (C(OH)–C–C–N with tert-alkyl or cyclic N) is 1. The Morgan fingerprint density at radius 1 is 1.69 bits per heavy atom. The van der Waals surface area contributed by atoms with Gasteiger partial charge in [0, 0.05) is 11.5 Å². The molecule has 0 aliphatic carbocycles. The van der Waals surface area contributed by atoms with Crippen molar-refractivity contribution in [3.63, 3.8) is 0 Å². The van der Waals surface area contributed by atoms with Crippen molar-refractivity contribution in [1.82, 2.24) is 9.36 Å². The van der Waals surface area contributed by atoms with Gasteiger partial charge in [0.25, 0.3) is 0 Å². The molecule has 0 radical (unpaired) electrons. The van der Waals surface area contributed by atoms with Crippen molar-refractivity contribution in [1.29, 1.82) is 0 Å². The Morgan fingerprint density at radius 2 is 2.46 bits per heavy atom. The van der Waals surface area contributed by atoms with Gasteiger partial charge in [0.1, 0.15) is 6.33 Å². The second-order valence-corrected chi connectivity index (χ2v) is 4.31. The fourth-order valence-corrected chi connectivity index (χ4v) is 2.26. The fraction of sp³-hybridized carbons (Fsp3) is 0.750. The molecule has 13 heavy (non-hydrogen) atoms. The summed E-state index contributed by atoms with van der Waals surface area (Å²) in [6.45, 7) is 3.50. The second kappa shape index (κ2) is 3.23. The monoisotopic (exact) mass is 199 g/mol. The van der Waals surface area contributed by atoms with Crippen molar-refractivity contribution < 1.29 is 5.11 Å². The predicted molar refractivity (Wildman–Crippen MR) is 52.0 cm³/mol. The van der Waals surface area contributed by atoms with Crippen molar-refractivity contribution in [2.24, 2.45) is 0 Å². The number of nitrogens with zero attached hydrogens (tertiary/aromatic N) is 3. The molecular formula is C8H13N3OS. The first-order valence-electron chi connectivity index (χ1n) is 4.47. The molecule has 0 spiro atoms. The Labute approximate surface area is 81.4 Å². The van der Waals surface area contributed by atoms with E-state index in [9.17, 15) is 5.11 Å². The second-order valence-electron chi connectivity index (χ2n) is 3.55. The summed E-state index contributed by atoms with van der Waals surface area (Å²) >= 11 is 1.38. The molecule has 0 unspecified atom stereocenters. The van der Waals surface area contributed by atoms with Crippen LogP contribution in [0.5, 0.6) is 0 Å². The predicted octanol–water partition coefficient (Wildman–Crippen LogP) is 0.889. The van der Waals surface area contributed by atoms with Crippen LogP contribution in [0.15, 0.2) is 6.33 Å². The van der Waals surface area contributed by atoms with Gasteiger partial charge in [-0.1, -0.05) is 13.3 Å². The third-order valence-corrected chi connectivity index (χ3v) is 3.03. The molecule has 0 aromatic carbocycles. The molecule has 1 aliphatic rings. The van der Waals surface area contributed by atoms with E-state index >= 15 is 0 Å². The Bertz CT molecular complexity index is 269. The van der Waals surface area contributed by atoms with Crippen LogP contribution in [0, 0.1) is 0 Å².